The average Bonchev–Trinajstić information content (AvgIpc) is 3.56. The molecule has 5 aromatic rings. The fourth-order valence-corrected chi connectivity index (χ4v) is 4.36. The largest absolute Gasteiger partial charge is 0.453 e. The predicted molar refractivity (Wildman–Crippen MR) is 133 cm³/mol. The van der Waals surface area contributed by atoms with E-state index < -0.39 is 4.92 Å². The van der Waals surface area contributed by atoms with Crippen molar-refractivity contribution in [3.05, 3.63) is 113 Å². The zero-order chi connectivity index (χ0) is 24.2. The Hall–Kier alpha value is -4.50. The summed E-state index contributed by atoms with van der Waals surface area (Å²) in [5.74, 6) is 1.26. The van der Waals surface area contributed by atoms with Gasteiger partial charge in [-0.15, -0.1) is 10.2 Å². The Kier molecular flexibility index (Phi) is 6.23. The molecule has 9 heteroatoms. The quantitative estimate of drug-likeness (QED) is 0.114. The van der Waals surface area contributed by atoms with Crippen molar-refractivity contribution in [2.24, 2.45) is 0 Å². The third-order valence-electron chi connectivity index (χ3n) is 5.26. The number of carbonyl (C=O) groups is 1. The number of Topliss-reactive ketones (excluding diaryl/α,β-unsaturated/α-hetero) is 1. The van der Waals surface area contributed by atoms with E-state index in [9.17, 15) is 14.9 Å². The third kappa shape index (κ3) is 4.75. The molecule has 0 amide bonds. The van der Waals surface area contributed by atoms with Crippen LogP contribution in [-0.4, -0.2) is 31.2 Å². The van der Waals surface area contributed by atoms with E-state index in [-0.39, 0.29) is 23.0 Å². The van der Waals surface area contributed by atoms with Gasteiger partial charge in [0.2, 0.25) is 5.78 Å². The number of aromatic nitrogens is 3. The van der Waals surface area contributed by atoms with Gasteiger partial charge in [0, 0.05) is 28.9 Å². The SMILES string of the molecule is O=C(CSc1nnc(-c2ccccc2)n1-c1ccccc1)c1ccc(-c2ccc([N+](=O)[O-])cc2)o1. The average molecular weight is 483 g/mol. The Morgan fingerprint density at radius 2 is 1.54 bits per heavy atom. The van der Waals surface area contributed by atoms with E-state index in [1.165, 1.54) is 23.9 Å². The van der Waals surface area contributed by atoms with E-state index in [0.29, 0.717) is 22.3 Å². The first-order valence-corrected chi connectivity index (χ1v) is 11.7. The normalized spacial score (nSPS) is 10.9. The Bertz CT molecular complexity index is 1480. The lowest BCUT2D eigenvalue weighted by atomic mass is 10.1. The van der Waals surface area contributed by atoms with E-state index in [0.717, 1.165) is 11.3 Å². The Labute approximate surface area is 204 Å². The highest BCUT2D eigenvalue weighted by Crippen LogP contribution is 2.29. The number of rotatable bonds is 8. The van der Waals surface area contributed by atoms with Crippen LogP contribution >= 0.6 is 11.8 Å². The van der Waals surface area contributed by atoms with E-state index in [4.69, 9.17) is 4.42 Å². The molecule has 8 nitrogen and oxygen atoms in total. The fraction of sp³-hybridized carbons (Fsp3) is 0.0385. The van der Waals surface area contributed by atoms with Gasteiger partial charge in [0.15, 0.2) is 16.7 Å². The number of nitrogens with zero attached hydrogens (tertiary/aromatic N) is 4. The molecule has 0 N–H and O–H groups in total. The molecule has 3 aromatic carbocycles. The van der Waals surface area contributed by atoms with Gasteiger partial charge in [0.25, 0.3) is 5.69 Å². The van der Waals surface area contributed by atoms with Gasteiger partial charge in [0.05, 0.1) is 10.7 Å². The number of hydrogen-bond donors (Lipinski definition) is 0. The molecular formula is C26H18N4O4S. The van der Waals surface area contributed by atoms with Gasteiger partial charge in [-0.3, -0.25) is 19.5 Å². The van der Waals surface area contributed by atoms with E-state index in [1.54, 1.807) is 24.3 Å². The number of nitro groups is 1. The Balaban J connectivity index is 1.36. The molecule has 35 heavy (non-hydrogen) atoms. The summed E-state index contributed by atoms with van der Waals surface area (Å²) < 4.78 is 7.66. The number of non-ortho nitro benzene ring substituents is 1. The van der Waals surface area contributed by atoms with Crippen molar-refractivity contribution in [2.75, 3.05) is 5.75 Å². The van der Waals surface area contributed by atoms with Gasteiger partial charge < -0.3 is 4.42 Å². The summed E-state index contributed by atoms with van der Waals surface area (Å²) in [6, 6.07) is 28.7. The summed E-state index contributed by atoms with van der Waals surface area (Å²) in [7, 11) is 0. The lowest BCUT2D eigenvalue weighted by Crippen LogP contribution is -2.04. The maximum absolute atomic E-state index is 12.9. The van der Waals surface area contributed by atoms with Gasteiger partial charge in [0.1, 0.15) is 5.76 Å². The van der Waals surface area contributed by atoms with Crippen molar-refractivity contribution in [2.45, 2.75) is 5.16 Å². The first-order valence-electron chi connectivity index (χ1n) is 10.7. The van der Waals surface area contributed by atoms with Crippen molar-refractivity contribution >= 4 is 23.2 Å². The van der Waals surface area contributed by atoms with Gasteiger partial charge in [-0.05, 0) is 36.4 Å². The minimum Gasteiger partial charge on any atom is -0.453 e. The number of thioether (sulfide) groups is 1. The maximum Gasteiger partial charge on any atom is 0.269 e. The molecule has 0 aliphatic heterocycles. The first kappa shape index (κ1) is 22.3. The molecule has 0 fully saturated rings. The summed E-state index contributed by atoms with van der Waals surface area (Å²) in [6.07, 6.45) is 0. The molecule has 0 spiro atoms. The molecular weight excluding hydrogens is 464 g/mol. The second-order valence-electron chi connectivity index (χ2n) is 7.52. The van der Waals surface area contributed by atoms with Crippen LogP contribution in [0.5, 0.6) is 0 Å². The van der Waals surface area contributed by atoms with Crippen molar-refractivity contribution in [3.8, 4) is 28.4 Å². The standard InChI is InChI=1S/C26H18N4O4S/c31-22(24-16-15-23(34-24)18-11-13-21(14-12-18)30(32)33)17-35-26-28-27-25(19-7-3-1-4-8-19)29(26)20-9-5-2-6-10-20/h1-16H,17H2. The van der Waals surface area contributed by atoms with E-state index in [2.05, 4.69) is 10.2 Å². The van der Waals surface area contributed by atoms with Crippen molar-refractivity contribution in [1.29, 1.82) is 0 Å². The number of nitro benzene ring substituents is 1. The molecule has 172 valence electrons. The highest BCUT2D eigenvalue weighted by molar-refractivity contribution is 7.99. The predicted octanol–water partition coefficient (Wildman–Crippen LogP) is 6.08. The second-order valence-corrected chi connectivity index (χ2v) is 8.47. The monoisotopic (exact) mass is 482 g/mol. The minimum absolute atomic E-state index is 0.00888. The summed E-state index contributed by atoms with van der Waals surface area (Å²) >= 11 is 1.28. The highest BCUT2D eigenvalue weighted by Gasteiger charge is 2.19. The highest BCUT2D eigenvalue weighted by atomic mass is 32.2. The van der Waals surface area contributed by atoms with Gasteiger partial charge in [-0.25, -0.2) is 0 Å². The van der Waals surface area contributed by atoms with Gasteiger partial charge in [-0.2, -0.15) is 0 Å². The zero-order valence-electron chi connectivity index (χ0n) is 18.3. The molecule has 5 rings (SSSR count). The van der Waals surface area contributed by atoms with Crippen LogP contribution in [0.3, 0.4) is 0 Å². The maximum atomic E-state index is 12.9. The molecule has 0 aliphatic carbocycles. The van der Waals surface area contributed by atoms with Crippen molar-refractivity contribution in [3.63, 3.8) is 0 Å². The minimum atomic E-state index is -0.463. The summed E-state index contributed by atoms with van der Waals surface area (Å²) in [5, 5.41) is 20.2. The second kappa shape index (κ2) is 9.78. The molecule has 2 aromatic heterocycles. The van der Waals surface area contributed by atoms with Crippen LogP contribution in [-0.2, 0) is 0 Å². The van der Waals surface area contributed by atoms with Crippen LogP contribution in [0.1, 0.15) is 10.6 Å². The Morgan fingerprint density at radius 3 is 2.23 bits per heavy atom. The number of ketones is 1. The Morgan fingerprint density at radius 1 is 0.857 bits per heavy atom. The number of hydrogen-bond acceptors (Lipinski definition) is 7. The zero-order valence-corrected chi connectivity index (χ0v) is 19.1. The number of carbonyl (C=O) groups excluding carboxylic acids is 1. The lowest BCUT2D eigenvalue weighted by Gasteiger charge is -2.10. The topological polar surface area (TPSA) is 104 Å². The van der Waals surface area contributed by atoms with Crippen LogP contribution < -0.4 is 0 Å². The molecule has 0 bridgehead atoms. The van der Waals surface area contributed by atoms with Crippen molar-refractivity contribution < 1.29 is 14.1 Å². The molecule has 0 saturated heterocycles. The van der Waals surface area contributed by atoms with E-state index >= 15 is 0 Å². The number of para-hydroxylation sites is 1. The molecule has 2 heterocycles. The van der Waals surface area contributed by atoms with E-state index in [1.807, 2.05) is 65.2 Å². The van der Waals surface area contributed by atoms with Crippen LogP contribution in [0.4, 0.5) is 5.69 Å². The molecule has 0 radical (unpaired) electrons. The third-order valence-corrected chi connectivity index (χ3v) is 6.18. The van der Waals surface area contributed by atoms with Crippen molar-refractivity contribution in [1.82, 2.24) is 14.8 Å². The van der Waals surface area contributed by atoms with Crippen LogP contribution in [0, 0.1) is 10.1 Å². The van der Waals surface area contributed by atoms with Gasteiger partial charge >= 0.3 is 0 Å². The lowest BCUT2D eigenvalue weighted by molar-refractivity contribution is -0.384. The first-order chi connectivity index (χ1) is 17.1. The number of furan rings is 1. The van der Waals surface area contributed by atoms with Crippen LogP contribution in [0.2, 0.25) is 0 Å². The molecule has 0 unspecified atom stereocenters. The fourth-order valence-electron chi connectivity index (χ4n) is 3.54. The summed E-state index contributed by atoms with van der Waals surface area (Å²) in [4.78, 5) is 23.3. The van der Waals surface area contributed by atoms with Crippen LogP contribution in [0.25, 0.3) is 28.4 Å². The van der Waals surface area contributed by atoms with Gasteiger partial charge in [-0.1, -0.05) is 60.3 Å². The smallest absolute Gasteiger partial charge is 0.269 e. The van der Waals surface area contributed by atoms with Crippen LogP contribution in [0.15, 0.2) is 107 Å². The molecule has 0 saturated carbocycles. The summed E-state index contributed by atoms with van der Waals surface area (Å²) in [6.45, 7) is 0. The number of benzene rings is 3. The summed E-state index contributed by atoms with van der Waals surface area (Å²) in [5.41, 5.74) is 2.45. The molecule has 0 atom stereocenters. The molecule has 0 aliphatic rings.